The standard InChI is InChI=1S/C14H19NO4/c1-10(14(16)17)7-15(2)8-11-9-18-12-5-3-4-6-13(12)19-11/h3-6,10-11H,7-9H2,1-2H3,(H,16,17). The molecule has 0 bridgehead atoms. The van der Waals surface area contributed by atoms with Crippen molar-refractivity contribution in [2.24, 2.45) is 5.92 Å². The highest BCUT2D eigenvalue weighted by Gasteiger charge is 2.23. The van der Waals surface area contributed by atoms with Gasteiger partial charge in [-0.2, -0.15) is 0 Å². The topological polar surface area (TPSA) is 59.0 Å². The van der Waals surface area contributed by atoms with Crippen molar-refractivity contribution in [1.82, 2.24) is 4.90 Å². The molecule has 104 valence electrons. The first-order valence-electron chi connectivity index (χ1n) is 6.36. The summed E-state index contributed by atoms with van der Waals surface area (Å²) >= 11 is 0. The molecule has 0 saturated heterocycles. The number of benzene rings is 1. The molecule has 5 heteroatoms. The average Bonchev–Trinajstić information content (AvgIpc) is 2.38. The zero-order valence-electron chi connectivity index (χ0n) is 11.2. The predicted molar refractivity (Wildman–Crippen MR) is 70.6 cm³/mol. The molecule has 0 fully saturated rings. The Kier molecular flexibility index (Phi) is 4.27. The number of carbonyl (C=O) groups is 1. The van der Waals surface area contributed by atoms with E-state index in [1.165, 1.54) is 0 Å². The molecule has 0 aliphatic carbocycles. The minimum absolute atomic E-state index is 0.0686. The van der Waals surface area contributed by atoms with E-state index in [0.717, 1.165) is 11.5 Å². The smallest absolute Gasteiger partial charge is 0.307 e. The molecule has 0 aromatic heterocycles. The van der Waals surface area contributed by atoms with Crippen molar-refractivity contribution in [1.29, 1.82) is 0 Å². The minimum Gasteiger partial charge on any atom is -0.486 e. The maximum absolute atomic E-state index is 10.8. The van der Waals surface area contributed by atoms with Crippen LogP contribution in [0.3, 0.4) is 0 Å². The molecule has 1 aliphatic heterocycles. The van der Waals surface area contributed by atoms with Gasteiger partial charge in [0, 0.05) is 13.1 Å². The number of rotatable bonds is 5. The van der Waals surface area contributed by atoms with Crippen LogP contribution in [-0.4, -0.2) is 48.8 Å². The van der Waals surface area contributed by atoms with Gasteiger partial charge >= 0.3 is 5.97 Å². The highest BCUT2D eigenvalue weighted by molar-refractivity contribution is 5.69. The van der Waals surface area contributed by atoms with Crippen LogP contribution < -0.4 is 9.47 Å². The van der Waals surface area contributed by atoms with Gasteiger partial charge in [0.05, 0.1) is 5.92 Å². The van der Waals surface area contributed by atoms with Gasteiger partial charge in [0.2, 0.25) is 0 Å². The molecule has 1 aromatic rings. The second-order valence-corrected chi connectivity index (χ2v) is 4.96. The van der Waals surface area contributed by atoms with Crippen LogP contribution in [0, 0.1) is 5.92 Å². The van der Waals surface area contributed by atoms with E-state index in [1.807, 2.05) is 36.2 Å². The van der Waals surface area contributed by atoms with Gasteiger partial charge in [0.15, 0.2) is 11.5 Å². The number of nitrogens with zero attached hydrogens (tertiary/aromatic N) is 1. The molecule has 2 rings (SSSR count). The number of likely N-dealkylation sites (N-methyl/N-ethyl adjacent to an activating group) is 1. The van der Waals surface area contributed by atoms with Crippen LogP contribution in [0.2, 0.25) is 0 Å². The van der Waals surface area contributed by atoms with E-state index in [2.05, 4.69) is 0 Å². The van der Waals surface area contributed by atoms with Crippen molar-refractivity contribution in [3.63, 3.8) is 0 Å². The lowest BCUT2D eigenvalue weighted by molar-refractivity contribution is -0.141. The molecule has 0 amide bonds. The Bertz CT molecular complexity index is 449. The molecule has 19 heavy (non-hydrogen) atoms. The molecular formula is C14H19NO4. The summed E-state index contributed by atoms with van der Waals surface area (Å²) in [6, 6.07) is 7.56. The maximum Gasteiger partial charge on any atom is 0.307 e. The zero-order chi connectivity index (χ0) is 13.8. The van der Waals surface area contributed by atoms with E-state index in [0.29, 0.717) is 19.7 Å². The van der Waals surface area contributed by atoms with Gasteiger partial charge in [-0.1, -0.05) is 19.1 Å². The number of hydrogen-bond acceptors (Lipinski definition) is 4. The Labute approximate surface area is 112 Å². The molecule has 5 nitrogen and oxygen atoms in total. The fraction of sp³-hybridized carbons (Fsp3) is 0.500. The van der Waals surface area contributed by atoms with E-state index in [4.69, 9.17) is 14.6 Å². The van der Waals surface area contributed by atoms with Crippen LogP contribution in [0.15, 0.2) is 24.3 Å². The molecule has 1 N–H and O–H groups in total. The summed E-state index contributed by atoms with van der Waals surface area (Å²) in [5.41, 5.74) is 0. The Balaban J connectivity index is 1.86. The Morgan fingerprint density at radius 2 is 2.16 bits per heavy atom. The minimum atomic E-state index is -0.780. The molecule has 0 spiro atoms. The van der Waals surface area contributed by atoms with E-state index in [1.54, 1.807) is 6.92 Å². The molecule has 2 unspecified atom stereocenters. The van der Waals surface area contributed by atoms with Gasteiger partial charge in [-0.3, -0.25) is 4.79 Å². The van der Waals surface area contributed by atoms with Crippen LogP contribution in [0.1, 0.15) is 6.92 Å². The lowest BCUT2D eigenvalue weighted by atomic mass is 10.1. The fourth-order valence-electron chi connectivity index (χ4n) is 2.12. The third kappa shape index (κ3) is 3.61. The summed E-state index contributed by atoms with van der Waals surface area (Å²) < 4.78 is 11.5. The summed E-state index contributed by atoms with van der Waals surface area (Å²) in [6.07, 6.45) is -0.0686. The Morgan fingerprint density at radius 3 is 2.84 bits per heavy atom. The predicted octanol–water partition coefficient (Wildman–Crippen LogP) is 1.48. The van der Waals surface area contributed by atoms with Crippen molar-refractivity contribution in [2.45, 2.75) is 13.0 Å². The fourth-order valence-corrected chi connectivity index (χ4v) is 2.12. The number of carboxylic acid groups (broad SMARTS) is 1. The highest BCUT2D eigenvalue weighted by Crippen LogP contribution is 2.30. The van der Waals surface area contributed by atoms with Gasteiger partial charge in [-0.15, -0.1) is 0 Å². The highest BCUT2D eigenvalue weighted by atomic mass is 16.6. The van der Waals surface area contributed by atoms with Crippen molar-refractivity contribution in [3.8, 4) is 11.5 Å². The lowest BCUT2D eigenvalue weighted by Crippen LogP contribution is -2.41. The lowest BCUT2D eigenvalue weighted by Gasteiger charge is -2.30. The van der Waals surface area contributed by atoms with Crippen LogP contribution in [0.4, 0.5) is 0 Å². The van der Waals surface area contributed by atoms with Crippen molar-refractivity contribution in [2.75, 3.05) is 26.7 Å². The molecule has 2 atom stereocenters. The van der Waals surface area contributed by atoms with Gasteiger partial charge < -0.3 is 19.5 Å². The molecule has 1 aromatic carbocycles. The monoisotopic (exact) mass is 265 g/mol. The number of ether oxygens (including phenoxy) is 2. The summed E-state index contributed by atoms with van der Waals surface area (Å²) in [6.45, 7) is 3.33. The van der Waals surface area contributed by atoms with Crippen molar-refractivity contribution >= 4 is 5.97 Å². The SMILES string of the molecule is CC(CN(C)CC1COc2ccccc2O1)C(=O)O. The van der Waals surface area contributed by atoms with E-state index in [-0.39, 0.29) is 12.0 Å². The van der Waals surface area contributed by atoms with Crippen molar-refractivity contribution < 1.29 is 19.4 Å². The Morgan fingerprint density at radius 1 is 1.47 bits per heavy atom. The number of para-hydroxylation sites is 2. The normalized spacial score (nSPS) is 19.2. The summed E-state index contributed by atoms with van der Waals surface area (Å²) in [5.74, 6) is 0.346. The molecule has 1 aliphatic rings. The third-order valence-electron chi connectivity index (χ3n) is 3.09. The first kappa shape index (κ1) is 13.7. The van der Waals surface area contributed by atoms with Crippen LogP contribution in [-0.2, 0) is 4.79 Å². The first-order valence-corrected chi connectivity index (χ1v) is 6.36. The van der Waals surface area contributed by atoms with E-state index >= 15 is 0 Å². The van der Waals surface area contributed by atoms with Gasteiger partial charge in [-0.05, 0) is 19.2 Å². The number of aliphatic carboxylic acids is 1. The molecule has 0 saturated carbocycles. The van der Waals surface area contributed by atoms with Gasteiger partial charge in [-0.25, -0.2) is 0 Å². The molecule has 1 heterocycles. The average molecular weight is 265 g/mol. The number of carboxylic acids is 1. The van der Waals surface area contributed by atoms with Crippen LogP contribution >= 0.6 is 0 Å². The first-order chi connectivity index (χ1) is 9.06. The zero-order valence-corrected chi connectivity index (χ0v) is 11.2. The number of fused-ring (bicyclic) bond motifs is 1. The van der Waals surface area contributed by atoms with Crippen LogP contribution in [0.5, 0.6) is 11.5 Å². The summed E-state index contributed by atoms with van der Waals surface area (Å²) in [7, 11) is 1.89. The van der Waals surface area contributed by atoms with E-state index in [9.17, 15) is 4.79 Å². The van der Waals surface area contributed by atoms with Gasteiger partial charge in [0.1, 0.15) is 12.7 Å². The third-order valence-corrected chi connectivity index (χ3v) is 3.09. The summed E-state index contributed by atoms with van der Waals surface area (Å²) in [4.78, 5) is 12.8. The number of hydrogen-bond donors (Lipinski definition) is 1. The summed E-state index contributed by atoms with van der Waals surface area (Å²) in [5, 5.41) is 8.88. The van der Waals surface area contributed by atoms with Gasteiger partial charge in [0.25, 0.3) is 0 Å². The second kappa shape index (κ2) is 5.93. The Hall–Kier alpha value is -1.75. The largest absolute Gasteiger partial charge is 0.486 e. The van der Waals surface area contributed by atoms with E-state index < -0.39 is 5.97 Å². The molecule has 0 radical (unpaired) electrons. The maximum atomic E-state index is 10.8. The second-order valence-electron chi connectivity index (χ2n) is 4.96. The van der Waals surface area contributed by atoms with Crippen LogP contribution in [0.25, 0.3) is 0 Å². The van der Waals surface area contributed by atoms with Crippen molar-refractivity contribution in [3.05, 3.63) is 24.3 Å². The molecular weight excluding hydrogens is 246 g/mol. The quantitative estimate of drug-likeness (QED) is 0.874.